The molecule has 2 aliphatic rings. The Bertz CT molecular complexity index is 1640. The zero-order chi connectivity index (χ0) is 30.6. The smallest absolute Gasteiger partial charge is 0.319 e. The van der Waals surface area contributed by atoms with Crippen LogP contribution in [0.25, 0.3) is 20.8 Å². The van der Waals surface area contributed by atoms with Crippen LogP contribution >= 0.6 is 11.3 Å². The molecular weight excluding hydrogens is 581 g/mol. The third-order valence-electron chi connectivity index (χ3n) is 7.69. The number of benzene rings is 1. The maximum Gasteiger partial charge on any atom is 0.319 e. The van der Waals surface area contributed by atoms with Crippen LogP contribution in [0.4, 0.5) is 14.9 Å². The van der Waals surface area contributed by atoms with Crippen LogP contribution in [0.5, 0.6) is 11.5 Å². The van der Waals surface area contributed by atoms with E-state index in [1.165, 1.54) is 23.5 Å². The fourth-order valence-electron chi connectivity index (χ4n) is 5.21. The van der Waals surface area contributed by atoms with Crippen LogP contribution in [0.3, 0.4) is 0 Å². The number of rotatable bonds is 11. The molecule has 1 saturated heterocycles. The summed E-state index contributed by atoms with van der Waals surface area (Å²) in [6.07, 6.45) is 7.29. The number of likely N-dealkylation sites (tertiary alicyclic amines) is 1. The van der Waals surface area contributed by atoms with Gasteiger partial charge in [-0.15, -0.1) is 11.3 Å². The molecule has 44 heavy (non-hydrogen) atoms. The van der Waals surface area contributed by atoms with Crippen LogP contribution < -0.4 is 20.7 Å². The molecular formula is C32H36FN7O3S. The number of carbonyl (C=O) groups is 2. The third-order valence-corrected chi connectivity index (χ3v) is 8.85. The fraction of sp³-hybridized carbons (Fsp3) is 0.375. The standard InChI is InChI=1S/C32H36FN7O3S/c1-39(2)15-13-35-31(41)26-4-3-14-40(26)19-20-5-9-24(36-18-20)29-17-25-30(44-29)28(11-12-34-25)43-27-10-8-22(16-23(27)33)38-32(42)37-21-6-7-21/h5,8-12,16-18,21,26H,3-4,6-7,13-15,19H2,1-2H3,(H,35,41)(H2,37,38,42). The van der Waals surface area contributed by atoms with Crippen LogP contribution in [0.1, 0.15) is 31.2 Å². The first kappa shape index (κ1) is 29.9. The van der Waals surface area contributed by atoms with E-state index >= 15 is 0 Å². The Balaban J connectivity index is 1.11. The van der Waals surface area contributed by atoms with E-state index < -0.39 is 5.82 Å². The minimum Gasteiger partial charge on any atom is -0.453 e. The van der Waals surface area contributed by atoms with Crippen molar-refractivity contribution in [3.63, 3.8) is 0 Å². The molecule has 6 rings (SSSR count). The van der Waals surface area contributed by atoms with E-state index in [1.807, 2.05) is 38.5 Å². The van der Waals surface area contributed by atoms with Gasteiger partial charge in [0.2, 0.25) is 5.91 Å². The molecule has 10 nitrogen and oxygen atoms in total. The topological polar surface area (TPSA) is 112 Å². The summed E-state index contributed by atoms with van der Waals surface area (Å²) in [6.45, 7) is 3.00. The number of aromatic nitrogens is 2. The lowest BCUT2D eigenvalue weighted by Gasteiger charge is -2.24. The molecule has 1 aliphatic carbocycles. The number of nitrogens with one attached hydrogen (secondary N) is 3. The van der Waals surface area contributed by atoms with Gasteiger partial charge in [0.05, 0.1) is 26.8 Å². The molecule has 1 aliphatic heterocycles. The molecule has 0 radical (unpaired) electrons. The average molecular weight is 618 g/mol. The highest BCUT2D eigenvalue weighted by atomic mass is 32.1. The molecule has 1 atom stereocenters. The van der Waals surface area contributed by atoms with Gasteiger partial charge in [-0.05, 0) is 76.2 Å². The summed E-state index contributed by atoms with van der Waals surface area (Å²) in [5.41, 5.74) is 2.92. The number of likely N-dealkylation sites (N-methyl/N-ethyl adjacent to an activating group) is 1. The quantitative estimate of drug-likeness (QED) is 0.212. The second-order valence-electron chi connectivity index (χ2n) is 11.5. The first-order chi connectivity index (χ1) is 21.3. The van der Waals surface area contributed by atoms with Gasteiger partial charge in [-0.2, -0.15) is 0 Å². The fourth-order valence-corrected chi connectivity index (χ4v) is 6.25. The summed E-state index contributed by atoms with van der Waals surface area (Å²) in [5, 5.41) is 8.53. The Morgan fingerprint density at radius 2 is 1.95 bits per heavy atom. The number of carbonyl (C=O) groups excluding carboxylic acids is 2. The number of pyridine rings is 2. The predicted octanol–water partition coefficient (Wildman–Crippen LogP) is 5.22. The lowest BCUT2D eigenvalue weighted by Crippen LogP contribution is -2.44. The van der Waals surface area contributed by atoms with E-state index in [0.717, 1.165) is 65.1 Å². The number of anilines is 1. The number of hydrogen-bond acceptors (Lipinski definition) is 8. The zero-order valence-electron chi connectivity index (χ0n) is 24.8. The van der Waals surface area contributed by atoms with Crippen LogP contribution in [0, 0.1) is 5.82 Å². The Labute approximate surface area is 259 Å². The van der Waals surface area contributed by atoms with Gasteiger partial charge in [-0.25, -0.2) is 9.18 Å². The summed E-state index contributed by atoms with van der Waals surface area (Å²) in [5.74, 6) is 0.0422. The van der Waals surface area contributed by atoms with Gasteiger partial charge in [0, 0.05) is 55.9 Å². The average Bonchev–Trinajstić information content (AvgIpc) is 3.49. The highest BCUT2D eigenvalue weighted by Crippen LogP contribution is 2.39. The number of hydrogen-bond donors (Lipinski definition) is 3. The molecule has 1 aromatic carbocycles. The lowest BCUT2D eigenvalue weighted by atomic mass is 10.2. The van der Waals surface area contributed by atoms with Crippen molar-refractivity contribution >= 4 is 39.2 Å². The van der Waals surface area contributed by atoms with Crippen LogP contribution in [0.15, 0.2) is 54.9 Å². The Morgan fingerprint density at radius 3 is 2.70 bits per heavy atom. The van der Waals surface area contributed by atoms with Crippen molar-refractivity contribution in [3.8, 4) is 22.1 Å². The predicted molar refractivity (Wildman–Crippen MR) is 169 cm³/mol. The maximum absolute atomic E-state index is 14.9. The summed E-state index contributed by atoms with van der Waals surface area (Å²) in [4.78, 5) is 39.1. The second kappa shape index (κ2) is 13.2. The van der Waals surface area contributed by atoms with Crippen molar-refractivity contribution in [3.05, 3.63) is 66.2 Å². The first-order valence-corrected chi connectivity index (χ1v) is 15.7. The lowest BCUT2D eigenvalue weighted by molar-refractivity contribution is -0.125. The van der Waals surface area contributed by atoms with E-state index in [-0.39, 0.29) is 29.8 Å². The van der Waals surface area contributed by atoms with Crippen molar-refractivity contribution < 1.29 is 18.7 Å². The molecule has 3 N–H and O–H groups in total. The summed E-state index contributed by atoms with van der Waals surface area (Å²) in [7, 11) is 3.98. The van der Waals surface area contributed by atoms with Gasteiger partial charge in [-0.3, -0.25) is 19.7 Å². The molecule has 3 aromatic heterocycles. The number of amides is 3. The van der Waals surface area contributed by atoms with Gasteiger partial charge in [0.25, 0.3) is 0 Å². The molecule has 0 spiro atoms. The van der Waals surface area contributed by atoms with Crippen LogP contribution in [-0.2, 0) is 11.3 Å². The number of halogens is 1. The Kier molecular flexibility index (Phi) is 9.01. The molecule has 1 unspecified atom stereocenters. The molecule has 1 saturated carbocycles. The van der Waals surface area contributed by atoms with Crippen molar-refractivity contribution in [1.82, 2.24) is 30.4 Å². The van der Waals surface area contributed by atoms with Gasteiger partial charge < -0.3 is 25.6 Å². The Morgan fingerprint density at radius 1 is 1.09 bits per heavy atom. The minimum atomic E-state index is -0.584. The van der Waals surface area contributed by atoms with Crippen LogP contribution in [0.2, 0.25) is 0 Å². The first-order valence-electron chi connectivity index (χ1n) is 14.9. The molecule has 4 heterocycles. The highest BCUT2D eigenvalue weighted by molar-refractivity contribution is 7.22. The van der Waals surface area contributed by atoms with Crippen molar-refractivity contribution in [1.29, 1.82) is 0 Å². The largest absolute Gasteiger partial charge is 0.453 e. The number of fused-ring (bicyclic) bond motifs is 1. The van der Waals surface area contributed by atoms with E-state index in [0.29, 0.717) is 24.5 Å². The number of urea groups is 1. The minimum absolute atomic E-state index is 0.0506. The second-order valence-corrected chi connectivity index (χ2v) is 12.6. The normalized spacial score (nSPS) is 16.8. The molecule has 3 amide bonds. The SMILES string of the molecule is CN(C)CCNC(=O)C1CCCN1Cc1ccc(-c2cc3nccc(Oc4ccc(NC(=O)NC5CC5)cc4F)c3s2)nc1. The molecule has 2 fully saturated rings. The Hall–Kier alpha value is -4.13. The zero-order valence-corrected chi connectivity index (χ0v) is 25.6. The van der Waals surface area contributed by atoms with Crippen LogP contribution in [-0.4, -0.2) is 77.5 Å². The van der Waals surface area contributed by atoms with E-state index in [1.54, 1.807) is 18.3 Å². The van der Waals surface area contributed by atoms with E-state index in [4.69, 9.17) is 9.72 Å². The molecule has 230 valence electrons. The van der Waals surface area contributed by atoms with Crippen molar-refractivity contribution in [2.45, 2.75) is 44.3 Å². The van der Waals surface area contributed by atoms with Gasteiger partial charge >= 0.3 is 6.03 Å². The number of ether oxygens (including phenoxy) is 1. The molecule has 4 aromatic rings. The molecule has 0 bridgehead atoms. The van der Waals surface area contributed by atoms with Gasteiger partial charge in [-0.1, -0.05) is 6.07 Å². The van der Waals surface area contributed by atoms with Crippen molar-refractivity contribution in [2.24, 2.45) is 0 Å². The number of thiophene rings is 1. The molecule has 12 heteroatoms. The van der Waals surface area contributed by atoms with E-state index in [2.05, 4.69) is 30.7 Å². The maximum atomic E-state index is 14.9. The highest BCUT2D eigenvalue weighted by Gasteiger charge is 2.30. The van der Waals surface area contributed by atoms with Gasteiger partial charge in [0.1, 0.15) is 5.75 Å². The summed E-state index contributed by atoms with van der Waals surface area (Å²) < 4.78 is 21.7. The monoisotopic (exact) mass is 617 g/mol. The summed E-state index contributed by atoms with van der Waals surface area (Å²) >= 11 is 1.47. The van der Waals surface area contributed by atoms with Crippen molar-refractivity contribution in [2.75, 3.05) is 39.0 Å². The van der Waals surface area contributed by atoms with E-state index in [9.17, 15) is 14.0 Å². The third kappa shape index (κ3) is 7.32. The summed E-state index contributed by atoms with van der Waals surface area (Å²) in [6, 6.07) is 11.8. The van der Waals surface area contributed by atoms with Gasteiger partial charge in [0.15, 0.2) is 11.6 Å². The number of nitrogens with zero attached hydrogens (tertiary/aromatic N) is 4.